The number of aromatic nitrogens is 4. The number of benzene rings is 2. The lowest BCUT2D eigenvalue weighted by atomic mass is 10.2. The van der Waals surface area contributed by atoms with E-state index in [2.05, 4.69) is 42.2 Å². The zero-order chi connectivity index (χ0) is 34.9. The smallest absolute Gasteiger partial charge is 0.355 e. The molecule has 0 atom stereocenters. The van der Waals surface area contributed by atoms with Gasteiger partial charge in [-0.3, -0.25) is 5.84 Å². The predicted molar refractivity (Wildman–Crippen MR) is 193 cm³/mol. The molecule has 0 spiro atoms. The highest BCUT2D eigenvalue weighted by Gasteiger charge is 2.23. The molecule has 0 amide bonds. The van der Waals surface area contributed by atoms with E-state index >= 15 is 0 Å². The highest BCUT2D eigenvalue weighted by Crippen LogP contribution is 2.34. The third kappa shape index (κ3) is 9.68. The van der Waals surface area contributed by atoms with E-state index in [0.29, 0.717) is 53.1 Å². The lowest BCUT2D eigenvalue weighted by Gasteiger charge is -2.22. The number of aromatic carboxylic acids is 1. The van der Waals surface area contributed by atoms with Crippen LogP contribution in [-0.4, -0.2) is 88.5 Å². The lowest BCUT2D eigenvalue weighted by Crippen LogP contribution is -2.25. The van der Waals surface area contributed by atoms with E-state index in [-0.39, 0.29) is 18.1 Å². The van der Waals surface area contributed by atoms with Crippen LogP contribution in [0.25, 0.3) is 10.2 Å². The fourth-order valence-corrected chi connectivity index (χ4v) is 6.77. The quantitative estimate of drug-likeness (QED) is 0.0533. The van der Waals surface area contributed by atoms with Gasteiger partial charge in [0.05, 0.1) is 23.4 Å². The highest BCUT2D eigenvalue weighted by molar-refractivity contribution is 7.22. The lowest BCUT2D eigenvalue weighted by molar-refractivity contribution is 0.0690. The molecule has 3 aromatic heterocycles. The zero-order valence-electron chi connectivity index (χ0n) is 27.7. The van der Waals surface area contributed by atoms with Gasteiger partial charge in [0.1, 0.15) is 0 Å². The van der Waals surface area contributed by atoms with E-state index in [1.807, 2.05) is 56.3 Å². The van der Waals surface area contributed by atoms with Crippen LogP contribution >= 0.6 is 22.7 Å². The Hall–Kier alpha value is -4.72. The second-order valence-corrected chi connectivity index (χ2v) is 13.6. The first-order valence-electron chi connectivity index (χ1n) is 15.6. The van der Waals surface area contributed by atoms with E-state index in [0.717, 1.165) is 33.9 Å². The van der Waals surface area contributed by atoms with Crippen LogP contribution in [0.2, 0.25) is 0 Å². The number of ether oxygens (including phenoxy) is 1. The van der Waals surface area contributed by atoms with Gasteiger partial charge in [0.15, 0.2) is 39.2 Å². The van der Waals surface area contributed by atoms with E-state index in [1.54, 1.807) is 13.1 Å². The fourth-order valence-electron chi connectivity index (χ4n) is 4.77. The summed E-state index contributed by atoms with van der Waals surface area (Å²) in [4.78, 5) is 26.0. The minimum atomic E-state index is -1.12. The Morgan fingerprint density at radius 3 is 2.59 bits per heavy atom. The van der Waals surface area contributed by atoms with Gasteiger partial charge >= 0.3 is 5.97 Å². The predicted octanol–water partition coefficient (Wildman–Crippen LogP) is 5.69. The number of hydrazine groups is 1. The van der Waals surface area contributed by atoms with Gasteiger partial charge in [-0.2, -0.15) is 0 Å². The van der Waals surface area contributed by atoms with Crippen molar-refractivity contribution in [3.8, 4) is 17.6 Å². The number of hydrogen-bond donors (Lipinski definition) is 3. The van der Waals surface area contributed by atoms with Crippen molar-refractivity contribution in [2.24, 2.45) is 5.84 Å². The van der Waals surface area contributed by atoms with Crippen molar-refractivity contribution in [1.29, 1.82) is 0 Å². The summed E-state index contributed by atoms with van der Waals surface area (Å²) < 4.78 is 21.4. The first-order chi connectivity index (χ1) is 23.6. The normalized spacial score (nSPS) is 11.2. The number of aryl methyl sites for hydroxylation is 2. The van der Waals surface area contributed by atoms with Gasteiger partial charge in [-0.25, -0.2) is 24.2 Å². The number of carbonyl (C=O) groups is 1. The zero-order valence-corrected chi connectivity index (χ0v) is 29.4. The Bertz CT molecular complexity index is 1940. The van der Waals surface area contributed by atoms with Crippen molar-refractivity contribution in [2.75, 3.05) is 57.6 Å². The molecule has 0 bridgehead atoms. The topological polar surface area (TPSA) is 146 Å². The molecule has 0 saturated carbocycles. The minimum Gasteiger partial charge on any atom is -0.491 e. The van der Waals surface area contributed by atoms with Crippen LogP contribution in [0.1, 0.15) is 39.3 Å². The third-order valence-electron chi connectivity index (χ3n) is 7.17. The number of anilines is 4. The van der Waals surface area contributed by atoms with Gasteiger partial charge in [0, 0.05) is 24.0 Å². The molecule has 5 rings (SSSR count). The van der Waals surface area contributed by atoms with E-state index in [4.69, 9.17) is 10.6 Å². The van der Waals surface area contributed by atoms with Crippen LogP contribution in [-0.2, 0) is 6.42 Å². The Balaban J connectivity index is 1.29. The Kier molecular flexibility index (Phi) is 12.1. The number of fused-ring (bicyclic) bond motifs is 1. The summed E-state index contributed by atoms with van der Waals surface area (Å²) in [6.45, 7) is 3.85. The van der Waals surface area contributed by atoms with Crippen LogP contribution in [0.3, 0.4) is 0 Å². The molecule has 5 aromatic rings. The van der Waals surface area contributed by atoms with Crippen molar-refractivity contribution < 1.29 is 19.0 Å². The molecule has 0 aliphatic rings. The molecule has 4 N–H and O–H groups in total. The van der Waals surface area contributed by atoms with Crippen molar-refractivity contribution >= 4 is 60.8 Å². The maximum absolute atomic E-state index is 14.6. The summed E-state index contributed by atoms with van der Waals surface area (Å²) in [6, 6.07) is 14.4. The number of para-hydroxylation sites is 1. The summed E-state index contributed by atoms with van der Waals surface area (Å²) >= 11 is 2.83. The summed E-state index contributed by atoms with van der Waals surface area (Å²) in [5.74, 6) is 10.9. The van der Waals surface area contributed by atoms with Crippen LogP contribution < -0.4 is 20.8 Å². The first-order valence-corrected chi connectivity index (χ1v) is 17.2. The third-order valence-corrected chi connectivity index (χ3v) is 9.26. The number of nitrogens with one attached hydrogen (secondary N) is 1. The molecule has 256 valence electrons. The van der Waals surface area contributed by atoms with E-state index in [1.165, 1.54) is 39.8 Å². The fraction of sp³-hybridized carbons (Fsp3) is 0.324. The van der Waals surface area contributed by atoms with Crippen molar-refractivity contribution in [1.82, 2.24) is 30.1 Å². The molecule has 0 radical (unpaired) electrons. The van der Waals surface area contributed by atoms with Gasteiger partial charge < -0.3 is 25.0 Å². The number of nitrogens with two attached hydrogens (primary N) is 1. The number of halogens is 1. The van der Waals surface area contributed by atoms with Crippen molar-refractivity contribution in [3.63, 3.8) is 0 Å². The summed E-state index contributed by atoms with van der Waals surface area (Å²) in [5.41, 5.74) is 2.26. The molecular weight excluding hydrogens is 666 g/mol. The molecular formula is C34H38FN9O3S2. The number of hydrogen-bond acceptors (Lipinski definition) is 13. The van der Waals surface area contributed by atoms with Gasteiger partial charge in [0.2, 0.25) is 0 Å². The number of rotatable bonds is 15. The van der Waals surface area contributed by atoms with Gasteiger partial charge in [-0.15, -0.1) is 21.5 Å². The Morgan fingerprint density at radius 2 is 1.88 bits per heavy atom. The van der Waals surface area contributed by atoms with Gasteiger partial charge in [-0.05, 0) is 88.8 Å². The van der Waals surface area contributed by atoms with E-state index < -0.39 is 11.8 Å². The van der Waals surface area contributed by atoms with Gasteiger partial charge in [-0.1, -0.05) is 35.3 Å². The number of nitrogens with zero attached hydrogens (tertiary/aromatic N) is 7. The molecule has 0 unspecified atom stereocenters. The maximum Gasteiger partial charge on any atom is 0.355 e. The van der Waals surface area contributed by atoms with Crippen LogP contribution in [0.4, 0.5) is 26.3 Å². The number of carboxylic acid groups (broad SMARTS) is 1. The molecule has 15 heteroatoms. The first kappa shape index (κ1) is 35.6. The molecule has 0 saturated heterocycles. The molecule has 3 heterocycles. The van der Waals surface area contributed by atoms with Crippen LogP contribution in [0.15, 0.2) is 48.5 Å². The second-order valence-electron chi connectivity index (χ2n) is 11.5. The molecule has 12 nitrogen and oxygen atoms in total. The van der Waals surface area contributed by atoms with Crippen LogP contribution in [0, 0.1) is 24.6 Å². The second kappa shape index (κ2) is 16.6. The average molecular weight is 704 g/mol. The standard InChI is InChI=1S/C34H38FN9O3S2/c1-22-20-29(40-41-31(22)39-33-37-25-11-5-6-12-27(25)48-33)44(18-9-16-42(2)3)34-38-30(32(45)46)28(49-34)13-8-19-47-26-15-14-23(21-24(26)35)10-7-17-43(4)36/h5-6,11-12,14-15,20-21H,8-9,13,16-19,36H2,1-4H3,(H,45,46)(H,37,39,41). The molecule has 0 aliphatic heterocycles. The largest absolute Gasteiger partial charge is 0.491 e. The van der Waals surface area contributed by atoms with E-state index in [9.17, 15) is 14.3 Å². The molecule has 2 aromatic carbocycles. The highest BCUT2D eigenvalue weighted by atomic mass is 32.1. The average Bonchev–Trinajstić information content (AvgIpc) is 3.67. The van der Waals surface area contributed by atoms with Crippen molar-refractivity contribution in [2.45, 2.75) is 26.2 Å². The number of thiazole rings is 2. The molecule has 49 heavy (non-hydrogen) atoms. The monoisotopic (exact) mass is 703 g/mol. The molecule has 0 aliphatic carbocycles. The summed E-state index contributed by atoms with van der Waals surface area (Å²) in [7, 11) is 5.69. The SMILES string of the molecule is Cc1cc(N(CCCN(C)C)c2nc(C(=O)O)c(CCCOc3ccc(C#CCN(C)N)cc3F)s2)nnc1Nc1nc2ccccc2s1. The summed E-state index contributed by atoms with van der Waals surface area (Å²) in [5, 5.41) is 25.0. The molecule has 0 fully saturated rings. The van der Waals surface area contributed by atoms with Crippen LogP contribution in [0.5, 0.6) is 5.75 Å². The summed E-state index contributed by atoms with van der Waals surface area (Å²) in [6.07, 6.45) is 1.63. The Morgan fingerprint density at radius 1 is 1.06 bits per heavy atom. The van der Waals surface area contributed by atoms with Crippen molar-refractivity contribution in [3.05, 3.63) is 76.0 Å². The maximum atomic E-state index is 14.6. The number of carboxylic acids is 1. The minimum absolute atomic E-state index is 0.0198. The van der Waals surface area contributed by atoms with Gasteiger partial charge in [0.25, 0.3) is 0 Å². The Labute approximate surface area is 292 Å².